The Hall–Kier alpha value is -2.45. The van der Waals surface area contributed by atoms with Gasteiger partial charge in [0.1, 0.15) is 5.75 Å². The van der Waals surface area contributed by atoms with Crippen molar-refractivity contribution in [2.45, 2.75) is 43.6 Å². The van der Waals surface area contributed by atoms with Gasteiger partial charge in [0.15, 0.2) is 0 Å². The Kier molecular flexibility index (Phi) is 7.67. The van der Waals surface area contributed by atoms with E-state index in [1.54, 1.807) is 38.5 Å². The SMILES string of the molecule is COCCN1C(=O)C[C@](CC(=O)N2CCCC[C@@H]2COC)(c2cccc(OC)c2)C1=O. The minimum Gasteiger partial charge on any atom is -0.497 e. The van der Waals surface area contributed by atoms with Crippen LogP contribution in [0.3, 0.4) is 0 Å². The molecule has 0 N–H and O–H groups in total. The molecule has 2 saturated heterocycles. The van der Waals surface area contributed by atoms with Crippen LogP contribution in [0.5, 0.6) is 5.75 Å². The Morgan fingerprint density at radius 2 is 1.97 bits per heavy atom. The smallest absolute Gasteiger partial charge is 0.240 e. The lowest BCUT2D eigenvalue weighted by atomic mass is 9.75. The number of methoxy groups -OCH3 is 3. The number of imide groups is 1. The zero-order valence-electron chi connectivity index (χ0n) is 18.6. The summed E-state index contributed by atoms with van der Waals surface area (Å²) in [5.74, 6) is -0.185. The van der Waals surface area contributed by atoms with Gasteiger partial charge in [-0.25, -0.2) is 0 Å². The number of rotatable bonds is 9. The Balaban J connectivity index is 1.96. The van der Waals surface area contributed by atoms with Gasteiger partial charge in [0.05, 0.1) is 38.3 Å². The van der Waals surface area contributed by atoms with Gasteiger partial charge in [0.25, 0.3) is 0 Å². The number of benzene rings is 1. The van der Waals surface area contributed by atoms with E-state index in [4.69, 9.17) is 14.2 Å². The maximum absolute atomic E-state index is 13.6. The van der Waals surface area contributed by atoms with Crippen molar-refractivity contribution in [2.75, 3.05) is 47.6 Å². The number of amides is 3. The normalized spacial score (nSPS) is 24.0. The first-order chi connectivity index (χ1) is 15.0. The van der Waals surface area contributed by atoms with Crippen LogP contribution in [0.15, 0.2) is 24.3 Å². The molecule has 8 nitrogen and oxygen atoms in total. The standard InChI is InChI=1S/C23H32N2O6/c1-29-12-11-25-21(27)15-23(22(25)28,17-7-6-9-19(13-17)31-3)14-20(26)24-10-5-4-8-18(24)16-30-2/h6-7,9,13,18H,4-5,8,10-12,14-16H2,1-3H3/t18-,23-/m1/s1. The van der Waals surface area contributed by atoms with Gasteiger partial charge in [-0.3, -0.25) is 19.3 Å². The molecule has 0 aliphatic carbocycles. The number of nitrogens with zero attached hydrogens (tertiary/aromatic N) is 2. The van der Waals surface area contributed by atoms with Crippen molar-refractivity contribution in [1.82, 2.24) is 9.80 Å². The molecule has 1 aromatic carbocycles. The summed E-state index contributed by atoms with van der Waals surface area (Å²) in [6.45, 7) is 1.52. The lowest BCUT2D eigenvalue weighted by Crippen LogP contribution is -2.49. The van der Waals surface area contributed by atoms with Crippen LogP contribution >= 0.6 is 0 Å². The van der Waals surface area contributed by atoms with Crippen LogP contribution in [-0.2, 0) is 29.3 Å². The first-order valence-electron chi connectivity index (χ1n) is 10.7. The van der Waals surface area contributed by atoms with Gasteiger partial charge in [-0.15, -0.1) is 0 Å². The Labute approximate surface area is 183 Å². The largest absolute Gasteiger partial charge is 0.497 e. The molecule has 3 rings (SSSR count). The maximum Gasteiger partial charge on any atom is 0.240 e. The average molecular weight is 433 g/mol. The van der Waals surface area contributed by atoms with Gasteiger partial charge < -0.3 is 19.1 Å². The number of ether oxygens (including phenoxy) is 3. The minimum absolute atomic E-state index is 0.00888. The molecule has 0 aromatic heterocycles. The predicted molar refractivity (Wildman–Crippen MR) is 114 cm³/mol. The van der Waals surface area contributed by atoms with Crippen LogP contribution in [0.2, 0.25) is 0 Å². The number of carbonyl (C=O) groups is 3. The van der Waals surface area contributed by atoms with E-state index in [-0.39, 0.29) is 49.8 Å². The Bertz CT molecular complexity index is 811. The number of likely N-dealkylation sites (tertiary alicyclic amines) is 2. The van der Waals surface area contributed by atoms with E-state index in [2.05, 4.69) is 0 Å². The van der Waals surface area contributed by atoms with Gasteiger partial charge in [-0.05, 0) is 37.0 Å². The van der Waals surface area contributed by atoms with Crippen LogP contribution < -0.4 is 4.74 Å². The van der Waals surface area contributed by atoms with Crippen molar-refractivity contribution < 1.29 is 28.6 Å². The molecule has 2 fully saturated rings. The van der Waals surface area contributed by atoms with Crippen molar-refractivity contribution in [3.05, 3.63) is 29.8 Å². The van der Waals surface area contributed by atoms with Gasteiger partial charge >= 0.3 is 0 Å². The highest BCUT2D eigenvalue weighted by molar-refractivity contribution is 6.10. The van der Waals surface area contributed by atoms with Crippen LogP contribution in [0.1, 0.15) is 37.7 Å². The third-order valence-corrected chi connectivity index (χ3v) is 6.31. The number of hydrogen-bond acceptors (Lipinski definition) is 6. The van der Waals surface area contributed by atoms with Crippen LogP contribution in [0.4, 0.5) is 0 Å². The molecule has 2 heterocycles. The monoisotopic (exact) mass is 432 g/mol. The van der Waals surface area contributed by atoms with E-state index in [0.29, 0.717) is 24.5 Å². The van der Waals surface area contributed by atoms with E-state index in [0.717, 1.165) is 19.3 Å². The number of hydrogen-bond donors (Lipinski definition) is 0. The summed E-state index contributed by atoms with van der Waals surface area (Å²) in [6.07, 6.45) is 2.73. The third kappa shape index (κ3) is 4.75. The van der Waals surface area contributed by atoms with E-state index in [1.807, 2.05) is 4.90 Å². The summed E-state index contributed by atoms with van der Waals surface area (Å²) in [5, 5.41) is 0. The molecule has 31 heavy (non-hydrogen) atoms. The first-order valence-corrected chi connectivity index (χ1v) is 10.7. The molecular formula is C23H32N2O6. The number of piperidine rings is 1. The van der Waals surface area contributed by atoms with Gasteiger partial charge in [0.2, 0.25) is 17.7 Å². The zero-order valence-corrected chi connectivity index (χ0v) is 18.6. The van der Waals surface area contributed by atoms with Crippen molar-refractivity contribution in [3.8, 4) is 5.75 Å². The summed E-state index contributed by atoms with van der Waals surface area (Å²) >= 11 is 0. The highest BCUT2D eigenvalue weighted by Crippen LogP contribution is 2.41. The lowest BCUT2D eigenvalue weighted by Gasteiger charge is -2.37. The first kappa shape index (κ1) is 23.2. The molecular weight excluding hydrogens is 400 g/mol. The summed E-state index contributed by atoms with van der Waals surface area (Å²) < 4.78 is 15.7. The fourth-order valence-corrected chi connectivity index (χ4v) is 4.65. The van der Waals surface area contributed by atoms with E-state index >= 15 is 0 Å². The quantitative estimate of drug-likeness (QED) is 0.553. The van der Waals surface area contributed by atoms with Crippen LogP contribution in [-0.4, -0.2) is 81.2 Å². The summed E-state index contributed by atoms with van der Waals surface area (Å²) in [5.41, 5.74) is -0.621. The Morgan fingerprint density at radius 1 is 1.16 bits per heavy atom. The molecule has 0 unspecified atom stereocenters. The van der Waals surface area contributed by atoms with E-state index < -0.39 is 5.41 Å². The molecule has 3 amide bonds. The van der Waals surface area contributed by atoms with Gasteiger partial charge in [0, 0.05) is 33.6 Å². The molecule has 1 aromatic rings. The summed E-state index contributed by atoms with van der Waals surface area (Å²) in [7, 11) is 4.70. The number of carbonyl (C=O) groups excluding carboxylic acids is 3. The molecule has 0 bridgehead atoms. The van der Waals surface area contributed by atoms with Gasteiger partial charge in [-0.1, -0.05) is 12.1 Å². The molecule has 2 atom stereocenters. The van der Waals surface area contributed by atoms with Crippen molar-refractivity contribution in [1.29, 1.82) is 0 Å². The molecule has 0 spiro atoms. The fourth-order valence-electron chi connectivity index (χ4n) is 4.65. The second-order valence-corrected chi connectivity index (χ2v) is 8.20. The van der Waals surface area contributed by atoms with Gasteiger partial charge in [-0.2, -0.15) is 0 Å². The third-order valence-electron chi connectivity index (χ3n) is 6.31. The lowest BCUT2D eigenvalue weighted by molar-refractivity contribution is -0.144. The topological polar surface area (TPSA) is 85.4 Å². The fraction of sp³-hybridized carbons (Fsp3) is 0.609. The minimum atomic E-state index is -1.24. The second-order valence-electron chi connectivity index (χ2n) is 8.20. The maximum atomic E-state index is 13.6. The van der Waals surface area contributed by atoms with Crippen LogP contribution in [0.25, 0.3) is 0 Å². The molecule has 8 heteroatoms. The van der Waals surface area contributed by atoms with Crippen LogP contribution in [0, 0.1) is 0 Å². The molecule has 170 valence electrons. The molecule has 0 radical (unpaired) electrons. The van der Waals surface area contributed by atoms with Crippen molar-refractivity contribution in [2.24, 2.45) is 0 Å². The molecule has 2 aliphatic rings. The molecule has 0 saturated carbocycles. The van der Waals surface area contributed by atoms with Crippen molar-refractivity contribution >= 4 is 17.7 Å². The van der Waals surface area contributed by atoms with E-state index in [9.17, 15) is 14.4 Å². The Morgan fingerprint density at radius 3 is 2.68 bits per heavy atom. The average Bonchev–Trinajstić information content (AvgIpc) is 3.02. The predicted octanol–water partition coefficient (Wildman–Crippen LogP) is 1.76. The highest BCUT2D eigenvalue weighted by Gasteiger charge is 2.54. The van der Waals surface area contributed by atoms with E-state index in [1.165, 1.54) is 12.0 Å². The second kappa shape index (κ2) is 10.2. The molecule has 2 aliphatic heterocycles. The summed E-state index contributed by atoms with van der Waals surface area (Å²) in [4.78, 5) is 42.9. The summed E-state index contributed by atoms with van der Waals surface area (Å²) in [6, 6.07) is 7.10. The van der Waals surface area contributed by atoms with Crippen molar-refractivity contribution in [3.63, 3.8) is 0 Å². The zero-order chi connectivity index (χ0) is 22.4. The highest BCUT2D eigenvalue weighted by atomic mass is 16.5.